The van der Waals surface area contributed by atoms with Crippen LogP contribution in [0.3, 0.4) is 0 Å². The molecule has 0 fully saturated rings. The first kappa shape index (κ1) is 13.7. The van der Waals surface area contributed by atoms with Crippen LogP contribution in [0.2, 0.25) is 0 Å². The highest BCUT2D eigenvalue weighted by Crippen LogP contribution is 2.05. The number of carbonyl (C=O) groups excluding carboxylic acids is 1. The van der Waals surface area contributed by atoms with Gasteiger partial charge in [-0.05, 0) is 18.2 Å². The van der Waals surface area contributed by atoms with E-state index < -0.39 is 0 Å². The number of rotatable bonds is 6. The van der Waals surface area contributed by atoms with Gasteiger partial charge in [0.05, 0.1) is 6.61 Å². The fourth-order valence-electron chi connectivity index (χ4n) is 1.60. The van der Waals surface area contributed by atoms with Crippen molar-refractivity contribution >= 4 is 5.91 Å². The lowest BCUT2D eigenvalue weighted by atomic mass is 10.1. The number of hydrogen-bond acceptors (Lipinski definition) is 3. The topological polar surface area (TPSA) is 61.4 Å². The summed E-state index contributed by atoms with van der Waals surface area (Å²) in [5, 5.41) is 14.8. The fraction of sp³-hybridized carbons (Fsp3) is 0.462. The number of carbonyl (C=O) groups is 1. The monoisotopic (exact) mass is 236 g/mol. The molecule has 0 bridgehead atoms. The largest absolute Gasteiger partial charge is 0.392 e. The van der Waals surface area contributed by atoms with Crippen molar-refractivity contribution in [1.29, 1.82) is 0 Å². The zero-order chi connectivity index (χ0) is 12.7. The molecule has 4 nitrogen and oxygen atoms in total. The van der Waals surface area contributed by atoms with Crippen molar-refractivity contribution < 1.29 is 9.90 Å². The van der Waals surface area contributed by atoms with Crippen LogP contribution in [0.1, 0.15) is 18.1 Å². The zero-order valence-corrected chi connectivity index (χ0v) is 10.4. The molecule has 17 heavy (non-hydrogen) atoms. The van der Waals surface area contributed by atoms with Gasteiger partial charge in [0.25, 0.3) is 0 Å². The number of aliphatic hydroxyl groups is 1. The standard InChI is InChI=1S/C13H20N2O2/c1-10(7-14-2)13(17)15-8-11-4-3-5-12(6-11)9-16/h3-6,10,14,16H,7-9H2,1-2H3,(H,15,17). The molecule has 4 heteroatoms. The lowest BCUT2D eigenvalue weighted by molar-refractivity contribution is -0.124. The summed E-state index contributed by atoms with van der Waals surface area (Å²) >= 11 is 0. The van der Waals surface area contributed by atoms with Crippen molar-refractivity contribution in [3.63, 3.8) is 0 Å². The van der Waals surface area contributed by atoms with E-state index in [9.17, 15) is 4.79 Å². The molecule has 0 aromatic heterocycles. The molecule has 0 aliphatic rings. The maximum absolute atomic E-state index is 11.7. The van der Waals surface area contributed by atoms with Gasteiger partial charge in [-0.2, -0.15) is 0 Å². The van der Waals surface area contributed by atoms with Gasteiger partial charge in [0.2, 0.25) is 5.91 Å². The minimum atomic E-state index is -0.0407. The average Bonchev–Trinajstić information content (AvgIpc) is 2.36. The Morgan fingerprint density at radius 3 is 2.76 bits per heavy atom. The van der Waals surface area contributed by atoms with Crippen molar-refractivity contribution in [3.8, 4) is 0 Å². The Kier molecular flexibility index (Phi) is 5.66. The van der Waals surface area contributed by atoms with E-state index in [2.05, 4.69) is 10.6 Å². The summed E-state index contributed by atoms with van der Waals surface area (Å²) in [6.07, 6.45) is 0. The van der Waals surface area contributed by atoms with Gasteiger partial charge in [0, 0.05) is 19.0 Å². The molecular formula is C13H20N2O2. The van der Waals surface area contributed by atoms with Crippen molar-refractivity contribution in [3.05, 3.63) is 35.4 Å². The first-order chi connectivity index (χ1) is 8.17. The summed E-state index contributed by atoms with van der Waals surface area (Å²) in [6.45, 7) is 3.08. The van der Waals surface area contributed by atoms with Crippen molar-refractivity contribution in [1.82, 2.24) is 10.6 Å². The Labute approximate surface area is 102 Å². The molecule has 3 N–H and O–H groups in total. The van der Waals surface area contributed by atoms with Crippen LogP contribution in [0.4, 0.5) is 0 Å². The highest BCUT2D eigenvalue weighted by atomic mass is 16.3. The maximum Gasteiger partial charge on any atom is 0.224 e. The van der Waals surface area contributed by atoms with Crippen LogP contribution in [0.15, 0.2) is 24.3 Å². The smallest absolute Gasteiger partial charge is 0.224 e. The third-order valence-corrected chi connectivity index (χ3v) is 2.60. The first-order valence-corrected chi connectivity index (χ1v) is 5.78. The van der Waals surface area contributed by atoms with Crippen LogP contribution in [0, 0.1) is 5.92 Å². The van der Waals surface area contributed by atoms with Crippen LogP contribution < -0.4 is 10.6 Å². The Bertz CT molecular complexity index is 366. The van der Waals surface area contributed by atoms with E-state index in [-0.39, 0.29) is 18.4 Å². The summed E-state index contributed by atoms with van der Waals surface area (Å²) in [7, 11) is 1.83. The quantitative estimate of drug-likeness (QED) is 0.679. The van der Waals surface area contributed by atoms with Gasteiger partial charge in [-0.15, -0.1) is 0 Å². The molecule has 1 unspecified atom stereocenters. The Morgan fingerprint density at radius 1 is 1.41 bits per heavy atom. The molecule has 0 saturated carbocycles. The summed E-state index contributed by atoms with van der Waals surface area (Å²) < 4.78 is 0. The molecule has 1 rings (SSSR count). The molecule has 1 aromatic carbocycles. The predicted octanol–water partition coefficient (Wildman–Crippen LogP) is 0.651. The van der Waals surface area contributed by atoms with E-state index >= 15 is 0 Å². The second-order valence-electron chi connectivity index (χ2n) is 4.15. The Morgan fingerprint density at radius 2 is 2.12 bits per heavy atom. The van der Waals surface area contributed by atoms with Crippen LogP contribution in [0.25, 0.3) is 0 Å². The van der Waals surface area contributed by atoms with Crippen molar-refractivity contribution in [2.75, 3.05) is 13.6 Å². The molecule has 94 valence electrons. The van der Waals surface area contributed by atoms with Gasteiger partial charge >= 0.3 is 0 Å². The van der Waals surface area contributed by atoms with Gasteiger partial charge in [-0.25, -0.2) is 0 Å². The highest BCUT2D eigenvalue weighted by molar-refractivity contribution is 5.78. The minimum absolute atomic E-state index is 0.0257. The number of hydrogen-bond donors (Lipinski definition) is 3. The number of aliphatic hydroxyl groups excluding tert-OH is 1. The summed E-state index contributed by atoms with van der Waals surface area (Å²) in [5.74, 6) is -0.00484. The van der Waals surface area contributed by atoms with E-state index in [4.69, 9.17) is 5.11 Å². The average molecular weight is 236 g/mol. The molecular weight excluding hydrogens is 216 g/mol. The molecule has 0 aliphatic heterocycles. The molecule has 0 saturated heterocycles. The minimum Gasteiger partial charge on any atom is -0.392 e. The van der Waals surface area contributed by atoms with Crippen LogP contribution >= 0.6 is 0 Å². The van der Waals surface area contributed by atoms with E-state index in [0.717, 1.165) is 11.1 Å². The third kappa shape index (κ3) is 4.54. The molecule has 1 amide bonds. The Balaban J connectivity index is 2.46. The van der Waals surface area contributed by atoms with E-state index in [1.165, 1.54) is 0 Å². The van der Waals surface area contributed by atoms with Gasteiger partial charge < -0.3 is 15.7 Å². The summed E-state index contributed by atoms with van der Waals surface area (Å²) in [5.41, 5.74) is 1.86. The molecule has 0 radical (unpaired) electrons. The zero-order valence-electron chi connectivity index (χ0n) is 10.4. The van der Waals surface area contributed by atoms with Gasteiger partial charge in [-0.1, -0.05) is 31.2 Å². The fourth-order valence-corrected chi connectivity index (χ4v) is 1.60. The van der Waals surface area contributed by atoms with Gasteiger partial charge in [-0.3, -0.25) is 4.79 Å². The molecule has 1 atom stereocenters. The van der Waals surface area contributed by atoms with E-state index in [1.807, 2.05) is 38.2 Å². The summed E-state index contributed by atoms with van der Waals surface area (Å²) in [4.78, 5) is 11.7. The molecule has 0 aliphatic carbocycles. The van der Waals surface area contributed by atoms with Gasteiger partial charge in [0.1, 0.15) is 0 Å². The maximum atomic E-state index is 11.7. The van der Waals surface area contributed by atoms with E-state index in [0.29, 0.717) is 13.1 Å². The molecule has 1 aromatic rings. The second kappa shape index (κ2) is 7.04. The SMILES string of the molecule is CNCC(C)C(=O)NCc1cccc(CO)c1. The predicted molar refractivity (Wildman–Crippen MR) is 67.3 cm³/mol. The van der Waals surface area contributed by atoms with Crippen molar-refractivity contribution in [2.24, 2.45) is 5.92 Å². The first-order valence-electron chi connectivity index (χ1n) is 5.78. The number of amides is 1. The van der Waals surface area contributed by atoms with Crippen LogP contribution in [-0.2, 0) is 17.9 Å². The van der Waals surface area contributed by atoms with Crippen LogP contribution in [-0.4, -0.2) is 24.6 Å². The molecule has 0 heterocycles. The highest BCUT2D eigenvalue weighted by Gasteiger charge is 2.10. The van der Waals surface area contributed by atoms with E-state index in [1.54, 1.807) is 0 Å². The van der Waals surface area contributed by atoms with Crippen LogP contribution in [0.5, 0.6) is 0 Å². The lowest BCUT2D eigenvalue weighted by Gasteiger charge is -2.11. The van der Waals surface area contributed by atoms with Crippen molar-refractivity contribution in [2.45, 2.75) is 20.1 Å². The summed E-state index contributed by atoms with van der Waals surface area (Å²) in [6, 6.07) is 7.56. The number of nitrogens with one attached hydrogen (secondary N) is 2. The third-order valence-electron chi connectivity index (χ3n) is 2.60. The normalized spacial score (nSPS) is 12.2. The van der Waals surface area contributed by atoms with Gasteiger partial charge in [0.15, 0.2) is 0 Å². The second-order valence-corrected chi connectivity index (χ2v) is 4.15. The number of benzene rings is 1. The molecule has 0 spiro atoms. The lowest BCUT2D eigenvalue weighted by Crippen LogP contribution is -2.33. The Hall–Kier alpha value is -1.39.